The van der Waals surface area contributed by atoms with E-state index < -0.39 is 0 Å². The van der Waals surface area contributed by atoms with Gasteiger partial charge in [-0.15, -0.1) is 0 Å². The minimum Gasteiger partial charge on any atom is -0.317 e. The Labute approximate surface area is 108 Å². The van der Waals surface area contributed by atoms with Crippen LogP contribution in [-0.2, 0) is 0 Å². The minimum absolute atomic E-state index is 0.720. The summed E-state index contributed by atoms with van der Waals surface area (Å²) in [5.41, 5.74) is 0. The van der Waals surface area contributed by atoms with Crippen molar-refractivity contribution in [2.24, 2.45) is 5.92 Å². The summed E-state index contributed by atoms with van der Waals surface area (Å²) < 4.78 is 0. The van der Waals surface area contributed by atoms with E-state index in [2.05, 4.69) is 31.2 Å². The third-order valence-electron chi connectivity index (χ3n) is 4.29. The highest BCUT2D eigenvalue weighted by atomic mass is 15.1. The van der Waals surface area contributed by atoms with Gasteiger partial charge in [-0.05, 0) is 58.7 Å². The molecule has 1 fully saturated rings. The molecule has 0 aromatic rings. The van der Waals surface area contributed by atoms with E-state index in [4.69, 9.17) is 0 Å². The van der Waals surface area contributed by atoms with Crippen LogP contribution in [0.5, 0.6) is 0 Å². The smallest absolute Gasteiger partial charge is 0.00619 e. The second kappa shape index (κ2) is 8.93. The molecule has 1 aliphatic rings. The van der Waals surface area contributed by atoms with Gasteiger partial charge < -0.3 is 10.2 Å². The van der Waals surface area contributed by atoms with Crippen LogP contribution in [0.2, 0.25) is 0 Å². The molecular formula is C15H32N2. The van der Waals surface area contributed by atoms with Crippen LogP contribution in [0.4, 0.5) is 0 Å². The molecule has 1 N–H and O–H groups in total. The number of hydrogen-bond donors (Lipinski definition) is 1. The lowest BCUT2D eigenvalue weighted by molar-refractivity contribution is 0.228. The van der Waals surface area contributed by atoms with Crippen LogP contribution in [0.1, 0.15) is 58.3 Å². The van der Waals surface area contributed by atoms with E-state index in [9.17, 15) is 0 Å². The van der Waals surface area contributed by atoms with Crippen molar-refractivity contribution in [3.8, 4) is 0 Å². The normalized spacial score (nSPS) is 19.8. The first kappa shape index (κ1) is 15.0. The van der Waals surface area contributed by atoms with Gasteiger partial charge in [-0.2, -0.15) is 0 Å². The molecule has 0 saturated heterocycles. The topological polar surface area (TPSA) is 15.3 Å². The molecule has 2 heteroatoms. The molecule has 2 nitrogen and oxygen atoms in total. The van der Waals surface area contributed by atoms with Crippen molar-refractivity contribution >= 4 is 0 Å². The second-order valence-electron chi connectivity index (χ2n) is 5.80. The largest absolute Gasteiger partial charge is 0.317 e. The third kappa shape index (κ3) is 6.42. The first-order chi connectivity index (χ1) is 8.26. The predicted octanol–water partition coefficient (Wildman–Crippen LogP) is 3.28. The van der Waals surface area contributed by atoms with Crippen LogP contribution in [0.15, 0.2) is 0 Å². The van der Waals surface area contributed by atoms with E-state index in [1.165, 1.54) is 64.5 Å². The molecule has 1 unspecified atom stereocenters. The molecule has 1 rings (SSSR count). The van der Waals surface area contributed by atoms with Crippen LogP contribution in [0.25, 0.3) is 0 Å². The lowest BCUT2D eigenvalue weighted by atomic mass is 9.89. The number of nitrogens with one attached hydrogen (secondary N) is 1. The summed E-state index contributed by atoms with van der Waals surface area (Å²) in [4.78, 5) is 2.55. The van der Waals surface area contributed by atoms with Gasteiger partial charge in [-0.25, -0.2) is 0 Å². The van der Waals surface area contributed by atoms with Crippen molar-refractivity contribution in [2.75, 3.05) is 27.2 Å². The van der Waals surface area contributed by atoms with E-state index >= 15 is 0 Å². The van der Waals surface area contributed by atoms with E-state index in [0.29, 0.717) is 0 Å². The Hall–Kier alpha value is -0.0800. The van der Waals surface area contributed by atoms with Gasteiger partial charge in [0, 0.05) is 12.6 Å². The van der Waals surface area contributed by atoms with Crippen LogP contribution < -0.4 is 5.32 Å². The zero-order valence-corrected chi connectivity index (χ0v) is 12.2. The van der Waals surface area contributed by atoms with Crippen molar-refractivity contribution in [3.63, 3.8) is 0 Å². The average molecular weight is 240 g/mol. The molecule has 17 heavy (non-hydrogen) atoms. The molecule has 0 spiro atoms. The molecule has 1 atom stereocenters. The molecule has 1 saturated carbocycles. The highest BCUT2D eigenvalue weighted by Crippen LogP contribution is 2.24. The summed E-state index contributed by atoms with van der Waals surface area (Å²) >= 11 is 0. The molecule has 0 aliphatic heterocycles. The maximum atomic E-state index is 3.39. The van der Waals surface area contributed by atoms with Gasteiger partial charge >= 0.3 is 0 Å². The highest BCUT2D eigenvalue weighted by Gasteiger charge is 2.15. The molecule has 0 heterocycles. The SMILES string of the molecule is CCC(CCCN(C)CC1CCCCC1)NC. The van der Waals surface area contributed by atoms with Crippen LogP contribution in [0.3, 0.4) is 0 Å². The number of rotatable bonds is 8. The van der Waals surface area contributed by atoms with Crippen LogP contribution >= 0.6 is 0 Å². The quantitative estimate of drug-likeness (QED) is 0.700. The van der Waals surface area contributed by atoms with E-state index in [0.717, 1.165) is 12.0 Å². The average Bonchev–Trinajstić information content (AvgIpc) is 2.36. The maximum absolute atomic E-state index is 3.39. The fourth-order valence-corrected chi connectivity index (χ4v) is 3.06. The van der Waals surface area contributed by atoms with Crippen molar-refractivity contribution in [3.05, 3.63) is 0 Å². The molecule has 1 aliphatic carbocycles. The Kier molecular flexibility index (Phi) is 7.87. The van der Waals surface area contributed by atoms with Crippen molar-refractivity contribution < 1.29 is 0 Å². The lowest BCUT2D eigenvalue weighted by Crippen LogP contribution is -2.30. The van der Waals surface area contributed by atoms with Gasteiger partial charge in [0.25, 0.3) is 0 Å². The highest BCUT2D eigenvalue weighted by molar-refractivity contribution is 4.70. The molecule has 0 amide bonds. The maximum Gasteiger partial charge on any atom is 0.00619 e. The van der Waals surface area contributed by atoms with E-state index in [1.54, 1.807) is 0 Å². The van der Waals surface area contributed by atoms with Crippen molar-refractivity contribution in [2.45, 2.75) is 64.3 Å². The first-order valence-electron chi connectivity index (χ1n) is 7.62. The third-order valence-corrected chi connectivity index (χ3v) is 4.29. The minimum atomic E-state index is 0.720. The lowest BCUT2D eigenvalue weighted by Gasteiger charge is -2.27. The summed E-state index contributed by atoms with van der Waals surface area (Å²) in [6, 6.07) is 0.720. The van der Waals surface area contributed by atoms with E-state index in [1.807, 2.05) is 0 Å². The van der Waals surface area contributed by atoms with Gasteiger partial charge in [0.2, 0.25) is 0 Å². The first-order valence-corrected chi connectivity index (χ1v) is 7.62. The Balaban J connectivity index is 2.05. The van der Waals surface area contributed by atoms with Crippen molar-refractivity contribution in [1.29, 1.82) is 0 Å². The summed E-state index contributed by atoms with van der Waals surface area (Å²) in [7, 11) is 4.38. The Morgan fingerprint density at radius 2 is 1.94 bits per heavy atom. The standard InChI is InChI=1S/C15H32N2/c1-4-15(16-2)11-8-12-17(3)13-14-9-6-5-7-10-14/h14-16H,4-13H2,1-3H3. The second-order valence-corrected chi connectivity index (χ2v) is 5.80. The Morgan fingerprint density at radius 3 is 2.53 bits per heavy atom. The summed E-state index contributed by atoms with van der Waals surface area (Å²) in [5, 5.41) is 3.39. The fraction of sp³-hybridized carbons (Fsp3) is 1.00. The van der Waals surface area contributed by atoms with Gasteiger partial charge in [0.15, 0.2) is 0 Å². The van der Waals surface area contributed by atoms with Crippen LogP contribution in [-0.4, -0.2) is 38.1 Å². The van der Waals surface area contributed by atoms with Crippen molar-refractivity contribution in [1.82, 2.24) is 10.2 Å². The predicted molar refractivity (Wildman–Crippen MR) is 76.4 cm³/mol. The van der Waals surface area contributed by atoms with Gasteiger partial charge in [-0.3, -0.25) is 0 Å². The molecule has 102 valence electrons. The summed E-state index contributed by atoms with van der Waals surface area (Å²) in [6.07, 6.45) is 11.3. The van der Waals surface area contributed by atoms with Gasteiger partial charge in [-0.1, -0.05) is 26.2 Å². The van der Waals surface area contributed by atoms with E-state index in [-0.39, 0.29) is 0 Å². The fourth-order valence-electron chi connectivity index (χ4n) is 3.06. The summed E-state index contributed by atoms with van der Waals surface area (Å²) in [5.74, 6) is 0.986. The molecular weight excluding hydrogens is 208 g/mol. The summed E-state index contributed by atoms with van der Waals surface area (Å²) in [6.45, 7) is 4.87. The monoisotopic (exact) mass is 240 g/mol. The number of nitrogens with zero attached hydrogens (tertiary/aromatic N) is 1. The molecule has 0 radical (unpaired) electrons. The number of hydrogen-bond acceptors (Lipinski definition) is 2. The molecule has 0 aromatic heterocycles. The van der Waals surface area contributed by atoms with Crippen LogP contribution in [0, 0.1) is 5.92 Å². The zero-order valence-electron chi connectivity index (χ0n) is 12.2. The van der Waals surface area contributed by atoms with Gasteiger partial charge in [0.05, 0.1) is 0 Å². The Morgan fingerprint density at radius 1 is 1.24 bits per heavy atom. The molecule has 0 bridgehead atoms. The van der Waals surface area contributed by atoms with Gasteiger partial charge in [0.1, 0.15) is 0 Å². The Bertz CT molecular complexity index is 172. The molecule has 0 aromatic carbocycles. The zero-order chi connectivity index (χ0) is 12.5.